The lowest BCUT2D eigenvalue weighted by Crippen LogP contribution is -2.40. The van der Waals surface area contributed by atoms with Crippen LogP contribution in [0.3, 0.4) is 0 Å². The molecule has 0 spiro atoms. The third kappa shape index (κ3) is 5.85. The summed E-state index contributed by atoms with van der Waals surface area (Å²) in [5.41, 5.74) is 4.18. The number of carbonyl (C=O) groups is 2. The number of fused-ring (bicyclic) bond motifs is 1. The summed E-state index contributed by atoms with van der Waals surface area (Å²) in [5, 5.41) is 4.11. The van der Waals surface area contributed by atoms with Gasteiger partial charge in [0, 0.05) is 56.9 Å². The van der Waals surface area contributed by atoms with Crippen LogP contribution in [0.4, 0.5) is 4.39 Å². The van der Waals surface area contributed by atoms with Gasteiger partial charge in [-0.3, -0.25) is 14.6 Å². The Morgan fingerprint density at radius 1 is 1.24 bits per heavy atom. The van der Waals surface area contributed by atoms with Crippen LogP contribution in [0.25, 0.3) is 16.6 Å². The SMILES string of the molecule is CC(=O)N[C@H](C)CN1CC[C@H](Cc2cn(-c3ccc(F)cc3C(=O)N(C)C(C)C)c3cncc(C)c23)C1. The quantitative estimate of drug-likeness (QED) is 0.492. The van der Waals surface area contributed by atoms with Crippen LogP contribution in [0.5, 0.6) is 0 Å². The van der Waals surface area contributed by atoms with Gasteiger partial charge in [-0.25, -0.2) is 4.39 Å². The van der Waals surface area contributed by atoms with Gasteiger partial charge in [0.1, 0.15) is 5.82 Å². The maximum absolute atomic E-state index is 14.3. The van der Waals surface area contributed by atoms with E-state index in [-0.39, 0.29) is 23.9 Å². The van der Waals surface area contributed by atoms with Crippen molar-refractivity contribution in [3.05, 3.63) is 59.3 Å². The molecule has 0 aliphatic carbocycles. The lowest BCUT2D eigenvalue weighted by molar-refractivity contribution is -0.119. The van der Waals surface area contributed by atoms with Crippen LogP contribution in [0.15, 0.2) is 36.8 Å². The molecule has 8 heteroatoms. The largest absolute Gasteiger partial charge is 0.353 e. The van der Waals surface area contributed by atoms with Crippen molar-refractivity contribution < 1.29 is 14.0 Å². The predicted octanol–water partition coefficient (Wildman–Crippen LogP) is 4.34. The number of rotatable bonds is 8. The Morgan fingerprint density at radius 3 is 2.70 bits per heavy atom. The number of carbonyl (C=O) groups excluding carboxylic acids is 2. The van der Waals surface area contributed by atoms with Crippen molar-refractivity contribution in [3.63, 3.8) is 0 Å². The van der Waals surface area contributed by atoms with Gasteiger partial charge in [-0.1, -0.05) is 0 Å². The van der Waals surface area contributed by atoms with Gasteiger partial charge < -0.3 is 19.7 Å². The monoisotopic (exact) mass is 507 g/mol. The van der Waals surface area contributed by atoms with Gasteiger partial charge in [0.2, 0.25) is 5.91 Å². The number of benzene rings is 1. The minimum atomic E-state index is -0.435. The summed E-state index contributed by atoms with van der Waals surface area (Å²) < 4.78 is 16.3. The van der Waals surface area contributed by atoms with E-state index in [1.807, 2.05) is 37.7 Å². The van der Waals surface area contributed by atoms with E-state index >= 15 is 0 Å². The number of hydrogen-bond donors (Lipinski definition) is 1. The van der Waals surface area contributed by atoms with Gasteiger partial charge >= 0.3 is 0 Å². The van der Waals surface area contributed by atoms with Crippen molar-refractivity contribution in [2.45, 2.75) is 59.5 Å². The number of aryl methyl sites for hydroxylation is 1. The standard InChI is InChI=1S/C29H38FN5O2/c1-18(2)33(6)29(37)25-12-24(30)7-8-26(25)35-17-23(28-19(3)13-31-14-27(28)35)11-22-9-10-34(16-22)15-20(4)32-21(5)36/h7-8,12-14,17-18,20,22H,9-11,15-16H2,1-6H3,(H,32,36)/t20-,22-/m1/s1. The first-order valence-corrected chi connectivity index (χ1v) is 13.1. The number of halogens is 1. The van der Waals surface area contributed by atoms with Crippen LogP contribution < -0.4 is 5.32 Å². The van der Waals surface area contributed by atoms with Gasteiger partial charge in [0.25, 0.3) is 5.91 Å². The van der Waals surface area contributed by atoms with Gasteiger partial charge in [-0.15, -0.1) is 0 Å². The number of amides is 2. The van der Waals surface area contributed by atoms with E-state index in [0.29, 0.717) is 17.2 Å². The minimum absolute atomic E-state index is 0.00151. The smallest absolute Gasteiger partial charge is 0.256 e. The lowest BCUT2D eigenvalue weighted by atomic mass is 9.97. The predicted molar refractivity (Wildman–Crippen MR) is 145 cm³/mol. The summed E-state index contributed by atoms with van der Waals surface area (Å²) in [4.78, 5) is 33.2. The van der Waals surface area contributed by atoms with Gasteiger partial charge in [0.15, 0.2) is 0 Å². The lowest BCUT2D eigenvalue weighted by Gasteiger charge is -2.23. The molecule has 1 N–H and O–H groups in total. The average molecular weight is 508 g/mol. The zero-order chi connectivity index (χ0) is 26.9. The molecule has 4 rings (SSSR count). The number of pyridine rings is 1. The molecule has 2 aromatic heterocycles. The first kappa shape index (κ1) is 26.8. The minimum Gasteiger partial charge on any atom is -0.353 e. The molecule has 0 bridgehead atoms. The molecule has 198 valence electrons. The summed E-state index contributed by atoms with van der Waals surface area (Å²) in [7, 11) is 1.74. The molecule has 0 unspecified atom stereocenters. The van der Waals surface area contributed by atoms with E-state index in [9.17, 15) is 14.0 Å². The Bertz CT molecular complexity index is 1300. The Kier molecular flexibility index (Phi) is 7.97. The summed E-state index contributed by atoms with van der Waals surface area (Å²) in [6.45, 7) is 12.3. The Hall–Kier alpha value is -3.26. The van der Waals surface area contributed by atoms with Crippen LogP contribution in [-0.4, -0.2) is 69.9 Å². The first-order valence-electron chi connectivity index (χ1n) is 13.1. The number of nitrogens with one attached hydrogen (secondary N) is 1. The number of nitrogens with zero attached hydrogens (tertiary/aromatic N) is 4. The highest BCUT2D eigenvalue weighted by molar-refractivity contribution is 5.99. The fourth-order valence-electron chi connectivity index (χ4n) is 5.45. The molecule has 1 saturated heterocycles. The van der Waals surface area contributed by atoms with Crippen LogP contribution >= 0.6 is 0 Å². The maximum Gasteiger partial charge on any atom is 0.256 e. The molecule has 3 heterocycles. The molecule has 1 aliphatic rings. The number of hydrogen-bond acceptors (Lipinski definition) is 4. The highest BCUT2D eigenvalue weighted by Crippen LogP contribution is 2.32. The van der Waals surface area contributed by atoms with Crippen molar-refractivity contribution in [1.29, 1.82) is 0 Å². The van der Waals surface area contributed by atoms with Crippen molar-refractivity contribution in [2.24, 2.45) is 5.92 Å². The van der Waals surface area contributed by atoms with E-state index in [4.69, 9.17) is 0 Å². The van der Waals surface area contributed by atoms with E-state index < -0.39 is 5.82 Å². The fourth-order valence-corrected chi connectivity index (χ4v) is 5.45. The van der Waals surface area contributed by atoms with Gasteiger partial charge in [-0.05, 0) is 82.3 Å². The summed E-state index contributed by atoms with van der Waals surface area (Å²) in [6, 6.07) is 4.52. The zero-order valence-corrected chi connectivity index (χ0v) is 22.7. The average Bonchev–Trinajstić information content (AvgIpc) is 3.42. The zero-order valence-electron chi connectivity index (χ0n) is 22.7. The third-order valence-corrected chi connectivity index (χ3v) is 7.38. The molecule has 1 aliphatic heterocycles. The highest BCUT2D eigenvalue weighted by atomic mass is 19.1. The second-order valence-electron chi connectivity index (χ2n) is 10.8. The van der Waals surface area contributed by atoms with E-state index in [1.54, 1.807) is 24.9 Å². The molecule has 1 aromatic carbocycles. The normalized spacial score (nSPS) is 16.9. The third-order valence-electron chi connectivity index (χ3n) is 7.38. The van der Waals surface area contributed by atoms with Crippen molar-refractivity contribution in [1.82, 2.24) is 24.7 Å². The second-order valence-corrected chi connectivity index (χ2v) is 10.8. The summed E-state index contributed by atoms with van der Waals surface area (Å²) >= 11 is 0. The van der Waals surface area contributed by atoms with Crippen molar-refractivity contribution in [3.8, 4) is 5.69 Å². The topological polar surface area (TPSA) is 70.5 Å². The molecular formula is C29H38FN5O2. The fraction of sp³-hybridized carbons (Fsp3) is 0.483. The molecule has 1 fully saturated rings. The molecule has 2 amide bonds. The van der Waals surface area contributed by atoms with Crippen molar-refractivity contribution >= 4 is 22.7 Å². The maximum atomic E-state index is 14.3. The molecule has 2 atom stereocenters. The first-order chi connectivity index (χ1) is 17.5. The molecule has 37 heavy (non-hydrogen) atoms. The Balaban J connectivity index is 1.67. The second kappa shape index (κ2) is 11.0. The van der Waals surface area contributed by atoms with E-state index in [2.05, 4.69) is 28.3 Å². The highest BCUT2D eigenvalue weighted by Gasteiger charge is 2.27. The van der Waals surface area contributed by atoms with Crippen molar-refractivity contribution in [2.75, 3.05) is 26.7 Å². The molecule has 0 radical (unpaired) electrons. The summed E-state index contributed by atoms with van der Waals surface area (Å²) in [5.74, 6) is -0.168. The molecule has 7 nitrogen and oxygen atoms in total. The van der Waals surface area contributed by atoms with Gasteiger partial charge in [0.05, 0.1) is 23.0 Å². The Labute approximate surface area is 218 Å². The molecule has 0 saturated carbocycles. The molecular weight excluding hydrogens is 469 g/mol. The Morgan fingerprint density at radius 2 is 2.00 bits per heavy atom. The molecule has 3 aromatic rings. The van der Waals surface area contributed by atoms with Crippen LogP contribution in [0, 0.1) is 18.7 Å². The van der Waals surface area contributed by atoms with Gasteiger partial charge in [-0.2, -0.15) is 0 Å². The van der Waals surface area contributed by atoms with E-state index in [0.717, 1.165) is 48.9 Å². The van der Waals surface area contributed by atoms with Crippen LogP contribution in [0.1, 0.15) is 55.6 Å². The summed E-state index contributed by atoms with van der Waals surface area (Å²) in [6.07, 6.45) is 7.78. The number of aromatic nitrogens is 2. The van der Waals surface area contributed by atoms with E-state index in [1.165, 1.54) is 17.7 Å². The number of likely N-dealkylation sites (tertiary alicyclic amines) is 1. The van der Waals surface area contributed by atoms with Crippen LogP contribution in [0.2, 0.25) is 0 Å². The van der Waals surface area contributed by atoms with Crippen LogP contribution in [-0.2, 0) is 11.2 Å².